The molecular formula is C22H27Cl2N3O4S. The monoisotopic (exact) mass is 499 g/mol. The lowest BCUT2D eigenvalue weighted by atomic mass is 9.85. The van der Waals surface area contributed by atoms with Gasteiger partial charge in [-0.1, -0.05) is 23.2 Å². The molecule has 1 aromatic heterocycles. The SMILES string of the molecule is CC(C)(C)[S@+]([O-])NC(c1cc(Cl)c(Cl)cc1O)C1CCN(C(=O)c2ccc(=O)[nH]c2)CC1. The van der Waals surface area contributed by atoms with E-state index in [1.54, 1.807) is 11.0 Å². The molecule has 0 radical (unpaired) electrons. The third kappa shape index (κ3) is 5.80. The zero-order valence-corrected chi connectivity index (χ0v) is 20.5. The Morgan fingerprint density at radius 2 is 1.88 bits per heavy atom. The average Bonchev–Trinajstić information content (AvgIpc) is 2.74. The summed E-state index contributed by atoms with van der Waals surface area (Å²) < 4.78 is 15.6. The van der Waals surface area contributed by atoms with Crippen LogP contribution in [0.3, 0.4) is 0 Å². The van der Waals surface area contributed by atoms with E-state index in [1.807, 2.05) is 20.8 Å². The third-order valence-electron chi connectivity index (χ3n) is 5.52. The smallest absolute Gasteiger partial charge is 0.255 e. The molecule has 2 atom stereocenters. The molecule has 1 aromatic carbocycles. The minimum absolute atomic E-state index is 0.00377. The van der Waals surface area contributed by atoms with Crippen LogP contribution in [0.5, 0.6) is 5.75 Å². The highest BCUT2D eigenvalue weighted by Gasteiger charge is 2.37. The second-order valence-electron chi connectivity index (χ2n) is 8.87. The number of carbonyl (C=O) groups excluding carboxylic acids is 1. The Balaban J connectivity index is 1.80. The summed E-state index contributed by atoms with van der Waals surface area (Å²) in [5.74, 6) is -0.168. The van der Waals surface area contributed by atoms with E-state index in [1.165, 1.54) is 24.4 Å². The van der Waals surface area contributed by atoms with E-state index in [0.29, 0.717) is 42.1 Å². The second kappa shape index (κ2) is 10.1. The molecule has 0 bridgehead atoms. The molecule has 2 heterocycles. The lowest BCUT2D eigenvalue weighted by Crippen LogP contribution is -2.46. The summed E-state index contributed by atoms with van der Waals surface area (Å²) in [6.07, 6.45) is 2.68. The minimum Gasteiger partial charge on any atom is -0.598 e. The maximum atomic E-state index is 12.9. The highest BCUT2D eigenvalue weighted by molar-refractivity contribution is 7.90. The van der Waals surface area contributed by atoms with Crippen LogP contribution in [0.25, 0.3) is 0 Å². The number of H-pyrrole nitrogens is 1. The van der Waals surface area contributed by atoms with Crippen molar-refractivity contribution in [3.05, 3.63) is 62.0 Å². The molecule has 1 saturated heterocycles. The number of hydrogen-bond acceptors (Lipinski definition) is 5. The normalized spacial score (nSPS) is 17.2. The number of carbonyl (C=O) groups is 1. The molecule has 0 aliphatic carbocycles. The van der Waals surface area contributed by atoms with Crippen LogP contribution in [0.15, 0.2) is 35.3 Å². The fourth-order valence-electron chi connectivity index (χ4n) is 3.67. The lowest BCUT2D eigenvalue weighted by molar-refractivity contribution is 0.0673. The Labute approximate surface area is 200 Å². The molecule has 2 aromatic rings. The van der Waals surface area contributed by atoms with Gasteiger partial charge in [0.1, 0.15) is 10.5 Å². The van der Waals surface area contributed by atoms with Gasteiger partial charge in [-0.3, -0.25) is 9.59 Å². The van der Waals surface area contributed by atoms with Gasteiger partial charge in [-0.15, -0.1) is 4.72 Å². The zero-order valence-electron chi connectivity index (χ0n) is 18.2. The third-order valence-corrected chi connectivity index (χ3v) is 7.83. The Kier molecular flexibility index (Phi) is 7.83. The van der Waals surface area contributed by atoms with E-state index in [2.05, 4.69) is 9.71 Å². The number of aromatic nitrogens is 1. The van der Waals surface area contributed by atoms with Crippen molar-refractivity contribution in [1.29, 1.82) is 0 Å². The van der Waals surface area contributed by atoms with E-state index in [-0.39, 0.29) is 28.2 Å². The summed E-state index contributed by atoms with van der Waals surface area (Å²) in [5, 5.41) is 11.1. The average molecular weight is 500 g/mol. The summed E-state index contributed by atoms with van der Waals surface area (Å²) in [6, 6.07) is 5.40. The molecule has 7 nitrogen and oxygen atoms in total. The topological polar surface area (TPSA) is 108 Å². The van der Waals surface area contributed by atoms with Gasteiger partial charge in [-0.25, -0.2) is 0 Å². The Bertz CT molecular complexity index is 1010. The molecule has 1 unspecified atom stereocenters. The second-order valence-corrected chi connectivity index (χ2v) is 11.7. The number of phenols is 1. The Hall–Kier alpha value is -1.71. The van der Waals surface area contributed by atoms with Crippen molar-refractivity contribution < 1.29 is 14.5 Å². The summed E-state index contributed by atoms with van der Waals surface area (Å²) in [7, 11) is 0. The number of aromatic hydroxyl groups is 1. The van der Waals surface area contributed by atoms with Crippen LogP contribution in [-0.2, 0) is 11.4 Å². The van der Waals surface area contributed by atoms with Crippen LogP contribution in [0, 0.1) is 5.92 Å². The molecule has 3 N–H and O–H groups in total. The molecule has 3 rings (SSSR count). The number of amides is 1. The van der Waals surface area contributed by atoms with Gasteiger partial charge in [0.25, 0.3) is 5.91 Å². The van der Waals surface area contributed by atoms with Gasteiger partial charge in [-0.05, 0) is 51.7 Å². The molecule has 0 spiro atoms. The van der Waals surface area contributed by atoms with E-state index in [0.717, 1.165) is 0 Å². The number of likely N-dealkylation sites (tertiary alicyclic amines) is 1. The fourth-order valence-corrected chi connectivity index (χ4v) is 4.90. The van der Waals surface area contributed by atoms with Gasteiger partial charge >= 0.3 is 0 Å². The molecule has 10 heteroatoms. The summed E-state index contributed by atoms with van der Waals surface area (Å²) in [6.45, 7) is 6.59. The summed E-state index contributed by atoms with van der Waals surface area (Å²) >= 11 is 10.9. The van der Waals surface area contributed by atoms with Crippen LogP contribution in [0.2, 0.25) is 10.0 Å². The molecule has 1 fully saturated rings. The predicted octanol–water partition coefficient (Wildman–Crippen LogP) is 4.03. The van der Waals surface area contributed by atoms with E-state index < -0.39 is 22.2 Å². The first kappa shape index (κ1) is 24.9. The van der Waals surface area contributed by atoms with Gasteiger partial charge in [-0.2, -0.15) is 0 Å². The number of hydrogen-bond donors (Lipinski definition) is 3. The number of aromatic amines is 1. The van der Waals surface area contributed by atoms with E-state index in [9.17, 15) is 19.2 Å². The summed E-state index contributed by atoms with van der Waals surface area (Å²) in [5.41, 5.74) is 0.693. The van der Waals surface area contributed by atoms with E-state index in [4.69, 9.17) is 23.2 Å². The highest BCUT2D eigenvalue weighted by atomic mass is 35.5. The van der Waals surface area contributed by atoms with Gasteiger partial charge in [0.05, 0.1) is 21.7 Å². The van der Waals surface area contributed by atoms with Gasteiger partial charge in [0.2, 0.25) is 5.56 Å². The number of pyridine rings is 1. The van der Waals surface area contributed by atoms with Crippen molar-refractivity contribution >= 4 is 40.5 Å². The number of rotatable bonds is 5. The molecule has 0 saturated carbocycles. The maximum Gasteiger partial charge on any atom is 0.255 e. The fraction of sp³-hybridized carbons (Fsp3) is 0.455. The standard InChI is InChI=1S/C22H27Cl2N3O4S/c1-22(2,3)32(31)26-20(15-10-16(23)17(24)11-18(15)28)13-6-8-27(9-7-13)21(30)14-4-5-19(29)25-12-14/h4-5,10-13,20,26,28H,6-9H2,1-3H3,(H,25,29)/t20?,32-/m0/s1. The first-order valence-electron chi connectivity index (χ1n) is 10.3. The summed E-state index contributed by atoms with van der Waals surface area (Å²) in [4.78, 5) is 28.3. The van der Waals surface area contributed by atoms with Crippen LogP contribution >= 0.6 is 23.2 Å². The molecule has 32 heavy (non-hydrogen) atoms. The van der Waals surface area contributed by atoms with Crippen LogP contribution in [0.4, 0.5) is 0 Å². The number of piperidine rings is 1. The zero-order chi connectivity index (χ0) is 23.6. The molecular weight excluding hydrogens is 473 g/mol. The van der Waals surface area contributed by atoms with Crippen molar-refractivity contribution in [3.63, 3.8) is 0 Å². The largest absolute Gasteiger partial charge is 0.598 e. The van der Waals surface area contributed by atoms with Crippen molar-refractivity contribution in [1.82, 2.24) is 14.6 Å². The highest BCUT2D eigenvalue weighted by Crippen LogP contribution is 2.40. The number of nitrogens with zero attached hydrogens (tertiary/aromatic N) is 1. The first-order valence-corrected chi connectivity index (χ1v) is 12.2. The van der Waals surface area contributed by atoms with Crippen LogP contribution < -0.4 is 10.3 Å². The molecule has 1 amide bonds. The van der Waals surface area contributed by atoms with Crippen LogP contribution in [0.1, 0.15) is 55.6 Å². The van der Waals surface area contributed by atoms with Gasteiger partial charge in [0, 0.05) is 48.3 Å². The molecule has 1 aliphatic heterocycles. The van der Waals surface area contributed by atoms with Crippen molar-refractivity contribution in [2.45, 2.75) is 44.4 Å². The number of benzene rings is 1. The minimum atomic E-state index is -1.39. The van der Waals surface area contributed by atoms with Gasteiger partial charge in [0.15, 0.2) is 0 Å². The predicted molar refractivity (Wildman–Crippen MR) is 128 cm³/mol. The Morgan fingerprint density at radius 1 is 1.25 bits per heavy atom. The van der Waals surface area contributed by atoms with Crippen molar-refractivity contribution in [2.24, 2.45) is 5.92 Å². The first-order chi connectivity index (χ1) is 15.0. The van der Waals surface area contributed by atoms with Crippen molar-refractivity contribution in [2.75, 3.05) is 13.1 Å². The quantitative estimate of drug-likeness (QED) is 0.538. The Morgan fingerprint density at radius 3 is 2.44 bits per heavy atom. The van der Waals surface area contributed by atoms with E-state index >= 15 is 0 Å². The van der Waals surface area contributed by atoms with Gasteiger partial charge < -0.3 is 19.5 Å². The molecule has 1 aliphatic rings. The maximum absolute atomic E-state index is 12.9. The van der Waals surface area contributed by atoms with Crippen molar-refractivity contribution in [3.8, 4) is 5.75 Å². The number of halogens is 2. The lowest BCUT2D eigenvalue weighted by Gasteiger charge is -2.38. The van der Waals surface area contributed by atoms with Crippen LogP contribution in [-0.4, -0.2) is 43.3 Å². The molecule has 174 valence electrons. The number of nitrogens with one attached hydrogen (secondary N) is 2. The number of phenolic OH excluding ortho intramolecular Hbond substituents is 1.